The van der Waals surface area contributed by atoms with Crippen LogP contribution in [0, 0.1) is 0 Å². The average molecular weight is 230 g/mol. The van der Waals surface area contributed by atoms with E-state index in [9.17, 15) is 4.79 Å². The van der Waals surface area contributed by atoms with Gasteiger partial charge in [-0.3, -0.25) is 4.79 Å². The first kappa shape index (κ1) is 12.8. The second-order valence-corrected chi connectivity index (χ2v) is 5.70. The van der Waals surface area contributed by atoms with Gasteiger partial charge in [-0.25, -0.2) is 0 Å². The highest BCUT2D eigenvalue weighted by Gasteiger charge is 2.26. The molecule has 88 valence electrons. The normalized spacial score (nSPS) is 28.5. The van der Waals surface area contributed by atoms with Gasteiger partial charge in [0.1, 0.15) is 0 Å². The van der Waals surface area contributed by atoms with E-state index in [1.807, 2.05) is 11.8 Å². The van der Waals surface area contributed by atoms with Crippen molar-refractivity contribution in [3.8, 4) is 0 Å². The summed E-state index contributed by atoms with van der Waals surface area (Å²) >= 11 is 1.96. The summed E-state index contributed by atoms with van der Waals surface area (Å²) in [5.74, 6) is 1.11. The molecule has 3 nitrogen and oxygen atoms in total. The molecule has 0 heterocycles. The minimum absolute atomic E-state index is 0.0106. The smallest absolute Gasteiger partial charge is 0.236 e. The zero-order valence-electron chi connectivity index (χ0n) is 9.66. The van der Waals surface area contributed by atoms with E-state index in [1.165, 1.54) is 19.3 Å². The highest BCUT2D eigenvalue weighted by molar-refractivity contribution is 7.99. The maximum absolute atomic E-state index is 11.5. The van der Waals surface area contributed by atoms with Crippen molar-refractivity contribution in [2.75, 3.05) is 5.75 Å². The molecule has 0 bridgehead atoms. The highest BCUT2D eigenvalue weighted by Crippen LogP contribution is 2.28. The molecule has 1 amide bonds. The van der Waals surface area contributed by atoms with Gasteiger partial charge < -0.3 is 11.1 Å². The highest BCUT2D eigenvalue weighted by atomic mass is 32.2. The van der Waals surface area contributed by atoms with Crippen LogP contribution in [0.2, 0.25) is 0 Å². The van der Waals surface area contributed by atoms with Gasteiger partial charge in [-0.15, -0.1) is 0 Å². The second kappa shape index (κ2) is 6.38. The number of amides is 1. The molecule has 0 saturated heterocycles. The van der Waals surface area contributed by atoms with Crippen LogP contribution in [-0.2, 0) is 4.79 Å². The lowest BCUT2D eigenvalue weighted by atomic mass is 9.94. The predicted molar refractivity (Wildman–Crippen MR) is 66.0 cm³/mol. The van der Waals surface area contributed by atoms with Crippen LogP contribution in [-0.4, -0.2) is 29.0 Å². The summed E-state index contributed by atoms with van der Waals surface area (Å²) in [5, 5.41) is 3.66. The third kappa shape index (κ3) is 4.03. The molecule has 0 aliphatic heterocycles. The molecule has 1 aliphatic carbocycles. The molecule has 3 N–H and O–H groups in total. The molecule has 3 unspecified atom stereocenters. The fourth-order valence-electron chi connectivity index (χ4n) is 1.99. The molecule has 0 spiro atoms. The van der Waals surface area contributed by atoms with Gasteiger partial charge in [0.2, 0.25) is 5.91 Å². The standard InChI is InChI=1S/C11H22N2OS/c1-3-15-10-7-5-4-6-9(10)13-11(14)8(2)12/h8-10H,3-7,12H2,1-2H3,(H,13,14). The van der Waals surface area contributed by atoms with Crippen LogP contribution in [0.4, 0.5) is 0 Å². The molecule has 0 aromatic heterocycles. The summed E-state index contributed by atoms with van der Waals surface area (Å²) < 4.78 is 0. The van der Waals surface area contributed by atoms with Gasteiger partial charge in [-0.2, -0.15) is 11.8 Å². The van der Waals surface area contributed by atoms with E-state index < -0.39 is 0 Å². The van der Waals surface area contributed by atoms with Gasteiger partial charge in [-0.05, 0) is 25.5 Å². The maximum atomic E-state index is 11.5. The zero-order valence-corrected chi connectivity index (χ0v) is 10.5. The summed E-state index contributed by atoms with van der Waals surface area (Å²) in [7, 11) is 0. The largest absolute Gasteiger partial charge is 0.351 e. The van der Waals surface area contributed by atoms with Crippen LogP contribution in [0.25, 0.3) is 0 Å². The second-order valence-electron chi connectivity index (χ2n) is 4.18. The Bertz CT molecular complexity index is 207. The lowest BCUT2D eigenvalue weighted by Crippen LogP contribution is -2.49. The Morgan fingerprint density at radius 2 is 2.20 bits per heavy atom. The SMILES string of the molecule is CCSC1CCCCC1NC(=O)C(C)N. The van der Waals surface area contributed by atoms with Crippen LogP contribution in [0.15, 0.2) is 0 Å². The van der Waals surface area contributed by atoms with E-state index in [2.05, 4.69) is 12.2 Å². The number of hydrogen-bond acceptors (Lipinski definition) is 3. The van der Waals surface area contributed by atoms with Crippen molar-refractivity contribution in [1.29, 1.82) is 0 Å². The molecule has 0 radical (unpaired) electrons. The van der Waals surface area contributed by atoms with E-state index in [0.717, 1.165) is 12.2 Å². The van der Waals surface area contributed by atoms with Crippen molar-refractivity contribution >= 4 is 17.7 Å². The molecule has 1 saturated carbocycles. The quantitative estimate of drug-likeness (QED) is 0.770. The molecule has 1 fully saturated rings. The van der Waals surface area contributed by atoms with Crippen molar-refractivity contribution in [3.63, 3.8) is 0 Å². The summed E-state index contributed by atoms with van der Waals surface area (Å²) in [5.41, 5.74) is 5.55. The predicted octanol–water partition coefficient (Wildman–Crippen LogP) is 1.51. The Morgan fingerprint density at radius 1 is 1.53 bits per heavy atom. The Balaban J connectivity index is 2.45. The van der Waals surface area contributed by atoms with Crippen LogP contribution in [0.1, 0.15) is 39.5 Å². The minimum Gasteiger partial charge on any atom is -0.351 e. The van der Waals surface area contributed by atoms with Gasteiger partial charge in [0.15, 0.2) is 0 Å². The summed E-state index contributed by atoms with van der Waals surface area (Å²) in [4.78, 5) is 11.5. The van der Waals surface area contributed by atoms with Gasteiger partial charge in [-0.1, -0.05) is 19.8 Å². The fourth-order valence-corrected chi connectivity index (χ4v) is 3.19. The van der Waals surface area contributed by atoms with Crippen molar-refractivity contribution in [1.82, 2.24) is 5.32 Å². The molecule has 1 rings (SSSR count). The third-order valence-corrected chi connectivity index (χ3v) is 4.15. The molecular weight excluding hydrogens is 208 g/mol. The summed E-state index contributed by atoms with van der Waals surface area (Å²) in [6.45, 7) is 3.91. The Kier molecular flexibility index (Phi) is 5.47. The summed E-state index contributed by atoms with van der Waals surface area (Å²) in [6.07, 6.45) is 4.85. The number of hydrogen-bond donors (Lipinski definition) is 2. The topological polar surface area (TPSA) is 55.1 Å². The lowest BCUT2D eigenvalue weighted by Gasteiger charge is -2.32. The van der Waals surface area contributed by atoms with Gasteiger partial charge in [0.05, 0.1) is 6.04 Å². The molecule has 1 aliphatic rings. The van der Waals surface area contributed by atoms with E-state index in [4.69, 9.17) is 5.73 Å². The van der Waals surface area contributed by atoms with Crippen LogP contribution in [0.5, 0.6) is 0 Å². The first-order valence-corrected chi connectivity index (χ1v) is 6.87. The maximum Gasteiger partial charge on any atom is 0.236 e. The Morgan fingerprint density at radius 3 is 2.80 bits per heavy atom. The number of thioether (sulfide) groups is 1. The van der Waals surface area contributed by atoms with Gasteiger partial charge >= 0.3 is 0 Å². The Hall–Kier alpha value is -0.220. The van der Waals surface area contributed by atoms with Crippen molar-refractivity contribution in [2.45, 2.75) is 56.9 Å². The van der Waals surface area contributed by atoms with Crippen LogP contribution >= 0.6 is 11.8 Å². The third-order valence-electron chi connectivity index (χ3n) is 2.82. The summed E-state index contributed by atoms with van der Waals surface area (Å²) in [6, 6.07) is -0.0543. The first-order chi connectivity index (χ1) is 7.15. The molecule has 0 aromatic rings. The van der Waals surface area contributed by atoms with Crippen molar-refractivity contribution in [2.24, 2.45) is 5.73 Å². The molecule has 0 aromatic carbocycles. The van der Waals surface area contributed by atoms with Crippen LogP contribution < -0.4 is 11.1 Å². The molecule has 15 heavy (non-hydrogen) atoms. The zero-order chi connectivity index (χ0) is 11.3. The number of carbonyl (C=O) groups is 1. The van der Waals surface area contributed by atoms with E-state index in [0.29, 0.717) is 11.3 Å². The first-order valence-electron chi connectivity index (χ1n) is 5.82. The minimum atomic E-state index is -0.390. The average Bonchev–Trinajstić information content (AvgIpc) is 2.21. The molecule has 3 atom stereocenters. The number of rotatable bonds is 4. The van der Waals surface area contributed by atoms with E-state index in [-0.39, 0.29) is 11.9 Å². The van der Waals surface area contributed by atoms with E-state index >= 15 is 0 Å². The molecular formula is C11H22N2OS. The van der Waals surface area contributed by atoms with Gasteiger partial charge in [0.25, 0.3) is 0 Å². The van der Waals surface area contributed by atoms with Crippen molar-refractivity contribution < 1.29 is 4.79 Å². The van der Waals surface area contributed by atoms with Gasteiger partial charge in [0, 0.05) is 11.3 Å². The fraction of sp³-hybridized carbons (Fsp3) is 0.909. The Labute approximate surface area is 96.6 Å². The van der Waals surface area contributed by atoms with Crippen LogP contribution in [0.3, 0.4) is 0 Å². The van der Waals surface area contributed by atoms with Crippen molar-refractivity contribution in [3.05, 3.63) is 0 Å². The number of nitrogens with one attached hydrogen (secondary N) is 1. The number of nitrogens with two attached hydrogens (primary N) is 1. The molecule has 4 heteroatoms. The van der Waals surface area contributed by atoms with E-state index in [1.54, 1.807) is 6.92 Å². The lowest BCUT2D eigenvalue weighted by molar-refractivity contribution is -0.122. The monoisotopic (exact) mass is 230 g/mol. The number of carbonyl (C=O) groups excluding carboxylic acids is 1.